The van der Waals surface area contributed by atoms with Gasteiger partial charge in [-0.05, 0) is 46.0 Å². The molecule has 7 rings (SSSR count). The van der Waals surface area contributed by atoms with Crippen molar-refractivity contribution < 1.29 is 52.5 Å². The summed E-state index contributed by atoms with van der Waals surface area (Å²) < 4.78 is 49.8. The van der Waals surface area contributed by atoms with Gasteiger partial charge in [0, 0.05) is 18.2 Å². The molecule has 5 atom stereocenters. The fraction of sp³-hybridized carbons (Fsp3) is 0.229. The molecule has 0 bridgehead atoms. The molecule has 1 aliphatic rings. The molecule has 6 aromatic rings. The fourth-order valence-electron chi connectivity index (χ4n) is 6.77. The second kappa shape index (κ2) is 22.2. The van der Waals surface area contributed by atoms with Crippen molar-refractivity contribution in [2.45, 2.75) is 63.7 Å². The van der Waals surface area contributed by atoms with Crippen molar-refractivity contribution in [1.29, 1.82) is 0 Å². The molecule has 324 valence electrons. The number of hydrogen-bond donors (Lipinski definition) is 0. The van der Waals surface area contributed by atoms with E-state index in [1.807, 2.05) is 121 Å². The maximum atomic E-state index is 12.6. The molecule has 0 N–H and O–H groups in total. The van der Waals surface area contributed by atoms with Crippen LogP contribution in [-0.4, -0.2) is 53.3 Å². The molecule has 0 aliphatic carbocycles. The molecule has 15 nitrogen and oxygen atoms in total. The monoisotopic (exact) mass is 856 g/mol. The Morgan fingerprint density at radius 1 is 0.540 bits per heavy atom. The van der Waals surface area contributed by atoms with E-state index in [1.54, 1.807) is 0 Å². The minimum absolute atomic E-state index is 0.0133. The highest BCUT2D eigenvalue weighted by molar-refractivity contribution is 5.64. The van der Waals surface area contributed by atoms with Gasteiger partial charge in [-0.2, -0.15) is 0 Å². The molecular weight excluding hydrogens is 813 g/mol. The van der Waals surface area contributed by atoms with Crippen LogP contribution < -0.4 is 9.47 Å². The summed E-state index contributed by atoms with van der Waals surface area (Å²) in [4.78, 5) is 34.8. The van der Waals surface area contributed by atoms with Crippen LogP contribution in [0.4, 0.5) is 16.2 Å². The first-order valence-corrected chi connectivity index (χ1v) is 20.1. The molecule has 0 radical (unpaired) electrons. The maximum absolute atomic E-state index is 12.6. The highest BCUT2D eigenvalue weighted by Gasteiger charge is 2.50. The predicted octanol–water partition coefficient (Wildman–Crippen LogP) is 9.30. The normalized spacial score (nSPS) is 18.3. The number of benzene rings is 6. The van der Waals surface area contributed by atoms with Crippen LogP contribution in [-0.2, 0) is 61.5 Å². The van der Waals surface area contributed by atoms with Crippen LogP contribution in [0.15, 0.2) is 164 Å². The first-order valence-electron chi connectivity index (χ1n) is 20.1. The Morgan fingerprint density at radius 2 is 1.05 bits per heavy atom. The third-order valence-corrected chi connectivity index (χ3v) is 9.91. The van der Waals surface area contributed by atoms with Crippen molar-refractivity contribution in [2.75, 3.05) is 6.61 Å². The van der Waals surface area contributed by atoms with Gasteiger partial charge < -0.3 is 37.9 Å². The van der Waals surface area contributed by atoms with Crippen molar-refractivity contribution in [3.8, 4) is 11.5 Å². The number of hydrogen-bond acceptors (Lipinski definition) is 13. The highest BCUT2D eigenvalue weighted by atomic mass is 16.7. The zero-order chi connectivity index (χ0) is 43.8. The molecule has 0 saturated carbocycles. The Morgan fingerprint density at radius 3 is 1.57 bits per heavy atom. The van der Waals surface area contributed by atoms with Crippen LogP contribution in [0.5, 0.6) is 11.5 Å². The van der Waals surface area contributed by atoms with Crippen LogP contribution in [0.3, 0.4) is 0 Å². The molecule has 0 spiro atoms. The van der Waals surface area contributed by atoms with Gasteiger partial charge in [0.15, 0.2) is 5.75 Å². The summed E-state index contributed by atoms with van der Waals surface area (Å²) in [6, 6.07) is 47.4. The SMILES string of the molecule is O=C(OCc1ccc(O[C@@H]2OC(COCc3ccccc3)[C@H](OCc3ccccc3)C(OCc3ccccc3)[C@@H]2OCc2ccccc2)c([N+](=O)[O-])c1)Oc1ccc([N+](=O)[O-])cc1. The molecule has 1 aliphatic heterocycles. The molecular formula is C48H44N2O13. The van der Waals surface area contributed by atoms with Crippen molar-refractivity contribution in [1.82, 2.24) is 0 Å². The standard InChI is InChI=1S/C48H44N2O13/c51-48(61-40-24-22-39(23-25-40)49(52)53)60-32-38-21-26-42(41(27-38)50(54)55)62-47-46(59-31-37-19-11-4-12-20-37)45(58-30-36-17-9-3-10-18-36)44(57-29-35-15-7-2-8-16-35)43(63-47)33-56-28-34-13-5-1-6-14-34/h1-27,43-47H,28-33H2/t43?,44-,45?,46-,47+/m0/s1. The quantitative estimate of drug-likeness (QED) is 0.0307. The van der Waals surface area contributed by atoms with Crippen molar-refractivity contribution in [3.05, 3.63) is 212 Å². The Labute approximate surface area is 362 Å². The Hall–Kier alpha value is -7.01. The lowest BCUT2D eigenvalue weighted by atomic mass is 9.97. The van der Waals surface area contributed by atoms with Crippen LogP contribution >= 0.6 is 0 Å². The molecule has 0 aromatic heterocycles. The van der Waals surface area contributed by atoms with Crippen molar-refractivity contribution in [3.63, 3.8) is 0 Å². The number of non-ortho nitro benzene ring substituents is 1. The number of nitro groups is 2. The van der Waals surface area contributed by atoms with Crippen LogP contribution in [0, 0.1) is 20.2 Å². The number of carbonyl (C=O) groups excluding carboxylic acids is 1. The molecule has 1 fully saturated rings. The Kier molecular flexibility index (Phi) is 15.5. The minimum atomic E-state index is -1.28. The number of ether oxygens (including phenoxy) is 8. The lowest BCUT2D eigenvalue weighted by Gasteiger charge is -2.45. The van der Waals surface area contributed by atoms with Crippen molar-refractivity contribution >= 4 is 17.5 Å². The number of rotatable bonds is 20. The Balaban J connectivity index is 1.17. The second-order valence-corrected chi connectivity index (χ2v) is 14.4. The van der Waals surface area contributed by atoms with Crippen LogP contribution in [0.1, 0.15) is 27.8 Å². The van der Waals surface area contributed by atoms with E-state index < -0.39 is 59.0 Å². The van der Waals surface area contributed by atoms with E-state index >= 15 is 0 Å². The van der Waals surface area contributed by atoms with Gasteiger partial charge in [0.05, 0.1) is 42.9 Å². The topological polar surface area (TPSA) is 177 Å². The summed E-state index contributed by atoms with van der Waals surface area (Å²) in [7, 11) is 0. The zero-order valence-corrected chi connectivity index (χ0v) is 33.9. The first kappa shape index (κ1) is 44.1. The smallest absolute Gasteiger partial charge is 0.455 e. The number of nitro benzene ring substituents is 2. The summed E-state index contributed by atoms with van der Waals surface area (Å²) in [5, 5.41) is 23.6. The average Bonchev–Trinajstić information content (AvgIpc) is 3.31. The number of carbonyl (C=O) groups is 1. The fourth-order valence-corrected chi connectivity index (χ4v) is 6.77. The van der Waals surface area contributed by atoms with E-state index in [0.717, 1.165) is 22.3 Å². The minimum Gasteiger partial charge on any atom is -0.455 e. The average molecular weight is 857 g/mol. The van der Waals surface area contributed by atoms with Gasteiger partial charge in [-0.1, -0.05) is 127 Å². The summed E-state index contributed by atoms with van der Waals surface area (Å²) >= 11 is 0. The third-order valence-electron chi connectivity index (χ3n) is 9.91. The van der Waals surface area contributed by atoms with Crippen molar-refractivity contribution in [2.24, 2.45) is 0 Å². The van der Waals surface area contributed by atoms with Crippen LogP contribution in [0.25, 0.3) is 0 Å². The zero-order valence-electron chi connectivity index (χ0n) is 33.9. The predicted molar refractivity (Wildman–Crippen MR) is 227 cm³/mol. The van der Waals surface area contributed by atoms with Gasteiger partial charge in [-0.15, -0.1) is 0 Å². The van der Waals surface area contributed by atoms with Gasteiger partial charge in [0.2, 0.25) is 6.29 Å². The van der Waals surface area contributed by atoms with E-state index in [1.165, 1.54) is 42.5 Å². The molecule has 15 heteroatoms. The lowest BCUT2D eigenvalue weighted by Crippen LogP contribution is -2.62. The van der Waals surface area contributed by atoms with E-state index in [2.05, 4.69) is 0 Å². The van der Waals surface area contributed by atoms with E-state index in [9.17, 15) is 25.0 Å². The largest absolute Gasteiger partial charge is 0.514 e. The van der Waals surface area contributed by atoms with Gasteiger partial charge in [0.1, 0.15) is 36.8 Å². The molecule has 0 amide bonds. The summed E-state index contributed by atoms with van der Waals surface area (Å²) in [6.07, 6.45) is -5.84. The molecule has 63 heavy (non-hydrogen) atoms. The Bertz CT molecular complexity index is 2370. The molecule has 1 heterocycles. The van der Waals surface area contributed by atoms with Gasteiger partial charge in [-0.25, -0.2) is 4.79 Å². The lowest BCUT2D eigenvalue weighted by molar-refractivity contribution is -0.387. The van der Waals surface area contributed by atoms with E-state index in [4.69, 9.17) is 37.9 Å². The van der Waals surface area contributed by atoms with Gasteiger partial charge in [0.25, 0.3) is 5.69 Å². The first-order chi connectivity index (χ1) is 30.8. The molecule has 1 saturated heterocycles. The maximum Gasteiger partial charge on any atom is 0.514 e. The molecule has 6 aromatic carbocycles. The number of nitrogens with zero attached hydrogens (tertiary/aromatic N) is 2. The summed E-state index contributed by atoms with van der Waals surface area (Å²) in [6.45, 7) is 0.425. The highest BCUT2D eigenvalue weighted by Crippen LogP contribution is 2.36. The van der Waals surface area contributed by atoms with Gasteiger partial charge >= 0.3 is 11.8 Å². The van der Waals surface area contributed by atoms with Crippen LogP contribution in [0.2, 0.25) is 0 Å². The second-order valence-electron chi connectivity index (χ2n) is 14.4. The van der Waals surface area contributed by atoms with E-state index in [-0.39, 0.29) is 55.8 Å². The van der Waals surface area contributed by atoms with E-state index in [0.29, 0.717) is 0 Å². The summed E-state index contributed by atoms with van der Waals surface area (Å²) in [5.74, 6) is -0.135. The summed E-state index contributed by atoms with van der Waals surface area (Å²) in [5.41, 5.74) is 3.25. The third kappa shape index (κ3) is 12.8. The van der Waals surface area contributed by atoms with Gasteiger partial charge in [-0.3, -0.25) is 20.2 Å². The molecule has 2 unspecified atom stereocenters.